The number of ketones is 1. The van der Waals surface area contributed by atoms with Gasteiger partial charge in [0.05, 0.1) is 0 Å². The molecule has 0 saturated heterocycles. The van der Waals surface area contributed by atoms with Gasteiger partial charge in [0, 0.05) is 0 Å². The van der Waals surface area contributed by atoms with E-state index in [0.717, 1.165) is 0 Å². The van der Waals surface area contributed by atoms with E-state index in [2.05, 4.69) is 0 Å². The van der Waals surface area contributed by atoms with Gasteiger partial charge in [0.2, 0.25) is 0 Å². The minimum absolute atomic E-state index is 0.0516. The van der Waals surface area contributed by atoms with Crippen molar-refractivity contribution in [2.75, 3.05) is 0 Å². The molecule has 1 aromatic carbocycles. The number of halogens is 1. The summed E-state index contributed by atoms with van der Waals surface area (Å²) in [6, 6.07) is 5.58. The van der Waals surface area contributed by atoms with Gasteiger partial charge in [-0.1, -0.05) is 0 Å². The van der Waals surface area contributed by atoms with Crippen molar-refractivity contribution in [3.05, 3.63) is 30.1 Å². The molecule has 0 spiro atoms. The molecular formula is C10H11FO2. The van der Waals surface area contributed by atoms with E-state index in [1.807, 2.05) is 0 Å². The molecule has 1 unspecified atom stereocenters. The molecule has 0 radical (unpaired) electrons. The average molecular weight is 182 g/mol. The normalized spacial score (nSPS) is 12.2. The number of rotatable bonds is 3. The van der Waals surface area contributed by atoms with Crippen molar-refractivity contribution in [1.29, 1.82) is 0 Å². The van der Waals surface area contributed by atoms with Crippen LogP contribution in [0.1, 0.15) is 13.8 Å². The first kappa shape index (κ1) is 9.71. The summed E-state index contributed by atoms with van der Waals surface area (Å²) in [5, 5.41) is 0. The van der Waals surface area contributed by atoms with Crippen LogP contribution in [0.3, 0.4) is 0 Å². The minimum Gasteiger partial charge on any atom is -0.483 e. The number of benzene rings is 1. The molecule has 0 saturated carbocycles. The molecule has 1 aromatic rings. The summed E-state index contributed by atoms with van der Waals surface area (Å²) >= 11 is 0. The largest absolute Gasteiger partial charge is 0.483 e. The Kier molecular flexibility index (Phi) is 3.01. The van der Waals surface area contributed by atoms with Crippen LogP contribution in [0.4, 0.5) is 4.39 Å². The van der Waals surface area contributed by atoms with Crippen LogP contribution in [0.15, 0.2) is 24.3 Å². The molecule has 0 aromatic heterocycles. The molecule has 0 aliphatic carbocycles. The van der Waals surface area contributed by atoms with Crippen LogP contribution in [0.2, 0.25) is 0 Å². The fourth-order valence-corrected chi connectivity index (χ4v) is 0.800. The third-order valence-electron chi connectivity index (χ3n) is 1.70. The van der Waals surface area contributed by atoms with E-state index in [4.69, 9.17) is 4.74 Å². The van der Waals surface area contributed by atoms with Gasteiger partial charge in [-0.05, 0) is 38.1 Å². The second-order valence-electron chi connectivity index (χ2n) is 2.82. The third-order valence-corrected chi connectivity index (χ3v) is 1.70. The fourth-order valence-electron chi connectivity index (χ4n) is 0.800. The molecule has 2 nitrogen and oxygen atoms in total. The first-order chi connectivity index (χ1) is 6.09. The van der Waals surface area contributed by atoms with Crippen LogP contribution in [0.25, 0.3) is 0 Å². The van der Waals surface area contributed by atoms with Gasteiger partial charge in [-0.2, -0.15) is 0 Å². The van der Waals surface area contributed by atoms with Crippen LogP contribution in [0.5, 0.6) is 5.75 Å². The molecule has 0 N–H and O–H groups in total. The standard InChI is InChI=1S/C10H11FO2/c1-7(12)8(2)13-10-5-3-9(11)4-6-10/h3-6,8H,1-2H3. The first-order valence-electron chi connectivity index (χ1n) is 4.02. The topological polar surface area (TPSA) is 26.3 Å². The second-order valence-corrected chi connectivity index (χ2v) is 2.82. The number of hydrogen-bond donors (Lipinski definition) is 0. The summed E-state index contributed by atoms with van der Waals surface area (Å²) in [4.78, 5) is 10.8. The van der Waals surface area contributed by atoms with Gasteiger partial charge in [-0.15, -0.1) is 0 Å². The Morgan fingerprint density at radius 2 is 1.92 bits per heavy atom. The molecule has 1 rings (SSSR count). The van der Waals surface area contributed by atoms with Gasteiger partial charge in [-0.25, -0.2) is 4.39 Å². The van der Waals surface area contributed by atoms with Gasteiger partial charge < -0.3 is 4.74 Å². The Morgan fingerprint density at radius 1 is 1.38 bits per heavy atom. The lowest BCUT2D eigenvalue weighted by molar-refractivity contribution is -0.122. The third kappa shape index (κ3) is 2.86. The van der Waals surface area contributed by atoms with Crippen molar-refractivity contribution < 1.29 is 13.9 Å². The quantitative estimate of drug-likeness (QED) is 0.716. The van der Waals surface area contributed by atoms with Crippen LogP contribution in [-0.2, 0) is 4.79 Å². The maximum absolute atomic E-state index is 12.5. The Morgan fingerprint density at radius 3 is 2.38 bits per heavy atom. The number of carbonyl (C=O) groups is 1. The predicted octanol–water partition coefficient (Wildman–Crippen LogP) is 2.18. The maximum atomic E-state index is 12.5. The summed E-state index contributed by atoms with van der Waals surface area (Å²) in [5.41, 5.74) is 0. The highest BCUT2D eigenvalue weighted by Crippen LogP contribution is 2.12. The number of ether oxygens (including phenoxy) is 1. The van der Waals surface area contributed by atoms with Gasteiger partial charge in [0.15, 0.2) is 11.9 Å². The molecule has 0 aliphatic rings. The lowest BCUT2D eigenvalue weighted by Gasteiger charge is -2.10. The van der Waals surface area contributed by atoms with Crippen LogP contribution in [-0.4, -0.2) is 11.9 Å². The van der Waals surface area contributed by atoms with E-state index in [0.29, 0.717) is 5.75 Å². The second kappa shape index (κ2) is 4.03. The zero-order valence-electron chi connectivity index (χ0n) is 7.58. The number of carbonyl (C=O) groups excluding carboxylic acids is 1. The van der Waals surface area contributed by atoms with Crippen LogP contribution in [0, 0.1) is 5.82 Å². The summed E-state index contributed by atoms with van der Waals surface area (Å²) in [6.07, 6.45) is -0.481. The first-order valence-corrected chi connectivity index (χ1v) is 4.02. The van der Waals surface area contributed by atoms with Crippen LogP contribution >= 0.6 is 0 Å². The molecule has 0 bridgehead atoms. The molecule has 70 valence electrons. The average Bonchev–Trinajstić information content (AvgIpc) is 2.08. The zero-order valence-corrected chi connectivity index (χ0v) is 7.58. The molecule has 1 atom stereocenters. The SMILES string of the molecule is CC(=O)C(C)Oc1ccc(F)cc1. The van der Waals surface area contributed by atoms with Crippen molar-refractivity contribution >= 4 is 5.78 Å². The minimum atomic E-state index is -0.481. The summed E-state index contributed by atoms with van der Waals surface area (Å²) in [5.74, 6) is 0.135. The molecule has 0 heterocycles. The zero-order chi connectivity index (χ0) is 9.84. The highest BCUT2D eigenvalue weighted by Gasteiger charge is 2.08. The summed E-state index contributed by atoms with van der Waals surface area (Å²) < 4.78 is 17.7. The summed E-state index contributed by atoms with van der Waals surface area (Å²) in [7, 11) is 0. The van der Waals surface area contributed by atoms with E-state index < -0.39 is 6.10 Å². The van der Waals surface area contributed by atoms with E-state index >= 15 is 0 Å². The van der Waals surface area contributed by atoms with E-state index in [1.54, 1.807) is 6.92 Å². The van der Waals surface area contributed by atoms with Gasteiger partial charge in [-0.3, -0.25) is 4.79 Å². The lowest BCUT2D eigenvalue weighted by Crippen LogP contribution is -2.20. The van der Waals surface area contributed by atoms with Crippen LogP contribution < -0.4 is 4.74 Å². The smallest absolute Gasteiger partial charge is 0.169 e. The Balaban J connectivity index is 2.64. The molecule has 13 heavy (non-hydrogen) atoms. The van der Waals surface area contributed by atoms with Crippen molar-refractivity contribution in [1.82, 2.24) is 0 Å². The van der Waals surface area contributed by atoms with Crippen molar-refractivity contribution in [3.8, 4) is 5.75 Å². The Hall–Kier alpha value is -1.38. The van der Waals surface area contributed by atoms with Gasteiger partial charge in [0.1, 0.15) is 11.6 Å². The molecular weight excluding hydrogens is 171 g/mol. The molecule has 3 heteroatoms. The fraction of sp³-hybridized carbons (Fsp3) is 0.300. The van der Waals surface area contributed by atoms with E-state index in [9.17, 15) is 9.18 Å². The molecule has 0 aliphatic heterocycles. The highest BCUT2D eigenvalue weighted by atomic mass is 19.1. The Bertz CT molecular complexity index is 292. The molecule has 0 fully saturated rings. The number of Topliss-reactive ketones (excluding diaryl/α,β-unsaturated/α-hetero) is 1. The maximum Gasteiger partial charge on any atom is 0.169 e. The predicted molar refractivity (Wildman–Crippen MR) is 47.2 cm³/mol. The summed E-state index contributed by atoms with van der Waals surface area (Å²) in [6.45, 7) is 3.11. The number of hydrogen-bond acceptors (Lipinski definition) is 2. The van der Waals surface area contributed by atoms with E-state index in [1.165, 1.54) is 31.2 Å². The molecule has 0 amide bonds. The highest BCUT2D eigenvalue weighted by molar-refractivity contribution is 5.80. The van der Waals surface area contributed by atoms with Gasteiger partial charge in [0.25, 0.3) is 0 Å². The lowest BCUT2D eigenvalue weighted by atomic mass is 10.3. The van der Waals surface area contributed by atoms with Crippen molar-refractivity contribution in [3.63, 3.8) is 0 Å². The van der Waals surface area contributed by atoms with Gasteiger partial charge >= 0.3 is 0 Å². The van der Waals surface area contributed by atoms with Crippen molar-refractivity contribution in [2.24, 2.45) is 0 Å². The van der Waals surface area contributed by atoms with Crippen molar-refractivity contribution in [2.45, 2.75) is 20.0 Å². The monoisotopic (exact) mass is 182 g/mol. The van der Waals surface area contributed by atoms with E-state index in [-0.39, 0.29) is 11.6 Å². The Labute approximate surface area is 76.3 Å².